The number of aliphatic hydroxyl groups is 1. The fourth-order valence-corrected chi connectivity index (χ4v) is 4.09. The summed E-state index contributed by atoms with van der Waals surface area (Å²) < 4.78 is 44.6. The first-order valence-electron chi connectivity index (χ1n) is 13.3. The zero-order valence-corrected chi connectivity index (χ0v) is 17.7. The molecule has 1 saturated carbocycles. The van der Waals surface area contributed by atoms with Crippen LogP contribution >= 0.6 is 0 Å². The Labute approximate surface area is 193 Å². The van der Waals surface area contributed by atoms with Gasteiger partial charge in [-0.1, -0.05) is 98.6 Å². The summed E-state index contributed by atoms with van der Waals surface area (Å²) in [6.07, 6.45) is 4.41. The van der Waals surface area contributed by atoms with Gasteiger partial charge in [-0.15, -0.1) is 0 Å². The van der Waals surface area contributed by atoms with Crippen molar-refractivity contribution in [2.45, 2.75) is 51.1 Å². The Balaban J connectivity index is 1.70. The molecule has 164 valence electrons. The summed E-state index contributed by atoms with van der Waals surface area (Å²) in [5.74, 6) is 4.42. The van der Waals surface area contributed by atoms with E-state index in [0.717, 1.165) is 42.6 Å². The maximum Gasteiger partial charge on any atom is 0.344 e. The molecular weight excluding hydrogens is 386 g/mol. The van der Waals surface area contributed by atoms with Gasteiger partial charge in [0.2, 0.25) is 0 Å². The number of nitrogens with zero attached hydrogens (tertiary/aromatic N) is 1. The van der Waals surface area contributed by atoms with Gasteiger partial charge in [-0.2, -0.15) is 0 Å². The van der Waals surface area contributed by atoms with Gasteiger partial charge < -0.3 is 9.84 Å². The molecule has 1 N–H and O–H groups in total. The van der Waals surface area contributed by atoms with Crippen LogP contribution in [0.3, 0.4) is 0 Å². The third kappa shape index (κ3) is 6.19. The van der Waals surface area contributed by atoms with Crippen LogP contribution in [0.25, 0.3) is 0 Å². The molecule has 0 aliphatic heterocycles. The van der Waals surface area contributed by atoms with Crippen molar-refractivity contribution in [2.75, 3.05) is 19.6 Å². The van der Waals surface area contributed by atoms with Crippen LogP contribution in [-0.4, -0.2) is 35.6 Å². The van der Waals surface area contributed by atoms with E-state index < -0.39 is 24.9 Å². The minimum absolute atomic E-state index is 0.0517. The van der Waals surface area contributed by atoms with Crippen molar-refractivity contribution < 1.29 is 21.5 Å². The molecule has 0 heterocycles. The number of rotatable bonds is 8. The first kappa shape index (κ1) is 17.0. The number of benzene rings is 2. The molecule has 1 aliphatic carbocycles. The monoisotopic (exact) mass is 424 g/mol. The first-order valence-corrected chi connectivity index (χ1v) is 10.8. The molecule has 1 unspecified atom stereocenters. The van der Waals surface area contributed by atoms with E-state index in [0.29, 0.717) is 5.56 Å². The fraction of sp³-hybridized carbons (Fsp3) is 0.444. The summed E-state index contributed by atoms with van der Waals surface area (Å²) in [6.45, 7) is -5.90. The van der Waals surface area contributed by atoms with Crippen molar-refractivity contribution in [3.63, 3.8) is 0 Å². The summed E-state index contributed by atoms with van der Waals surface area (Å²) in [7, 11) is 0. The molecule has 4 heteroatoms. The zero-order chi connectivity index (χ0) is 26.2. The molecule has 0 bridgehead atoms. The third-order valence-electron chi connectivity index (χ3n) is 5.77. The SMILES string of the molecule is [2H]C([2H])([2H])C([2H])([2H])N(CC#CCOC(=O)C(O)(c1ccccc1)C1CCCCC1)Cc1ccccc1. The minimum atomic E-state index is -2.87. The molecule has 1 fully saturated rings. The van der Waals surface area contributed by atoms with Gasteiger partial charge in [0.25, 0.3) is 0 Å². The van der Waals surface area contributed by atoms with Gasteiger partial charge in [-0.3, -0.25) is 4.90 Å². The maximum atomic E-state index is 13.1. The molecule has 0 aromatic heterocycles. The lowest BCUT2D eigenvalue weighted by atomic mass is 9.73. The van der Waals surface area contributed by atoms with E-state index in [9.17, 15) is 9.90 Å². The van der Waals surface area contributed by atoms with Crippen molar-refractivity contribution in [1.82, 2.24) is 4.90 Å². The Bertz CT molecular complexity index is 1040. The van der Waals surface area contributed by atoms with Crippen LogP contribution in [0.2, 0.25) is 0 Å². The van der Waals surface area contributed by atoms with Crippen molar-refractivity contribution >= 4 is 5.97 Å². The molecule has 2 aromatic rings. The molecule has 1 aliphatic rings. The van der Waals surface area contributed by atoms with E-state index in [4.69, 9.17) is 11.6 Å². The highest BCUT2D eigenvalue weighted by Gasteiger charge is 2.47. The van der Waals surface area contributed by atoms with Gasteiger partial charge in [-0.05, 0) is 30.5 Å². The first-order chi connectivity index (χ1) is 17.1. The molecule has 0 radical (unpaired) electrons. The number of esters is 1. The minimum Gasteiger partial charge on any atom is -0.450 e. The van der Waals surface area contributed by atoms with Crippen molar-refractivity contribution in [3.8, 4) is 11.8 Å². The largest absolute Gasteiger partial charge is 0.450 e. The Hall–Kier alpha value is -2.61. The van der Waals surface area contributed by atoms with Gasteiger partial charge >= 0.3 is 5.97 Å². The predicted octanol–water partition coefficient (Wildman–Crippen LogP) is 4.52. The van der Waals surface area contributed by atoms with Gasteiger partial charge in [-0.25, -0.2) is 4.79 Å². The van der Waals surface area contributed by atoms with Crippen LogP contribution in [0.15, 0.2) is 60.7 Å². The van der Waals surface area contributed by atoms with E-state index in [2.05, 4.69) is 11.8 Å². The van der Waals surface area contributed by atoms with Crippen molar-refractivity contribution in [3.05, 3.63) is 71.8 Å². The Morgan fingerprint density at radius 1 is 1.13 bits per heavy atom. The highest BCUT2D eigenvalue weighted by Crippen LogP contribution is 2.40. The number of ether oxygens (including phenoxy) is 1. The van der Waals surface area contributed by atoms with Crippen LogP contribution in [0.5, 0.6) is 0 Å². The summed E-state index contributed by atoms with van der Waals surface area (Å²) in [6, 6.07) is 17.8. The van der Waals surface area contributed by atoms with E-state index in [1.807, 2.05) is 12.1 Å². The second-order valence-corrected chi connectivity index (χ2v) is 7.85. The fourth-order valence-electron chi connectivity index (χ4n) is 4.09. The van der Waals surface area contributed by atoms with Crippen LogP contribution in [0.4, 0.5) is 0 Å². The number of hydrogen-bond donors (Lipinski definition) is 1. The Morgan fingerprint density at radius 2 is 1.81 bits per heavy atom. The van der Waals surface area contributed by atoms with Crippen molar-refractivity contribution in [1.29, 1.82) is 0 Å². The molecule has 0 amide bonds. The topological polar surface area (TPSA) is 49.8 Å². The predicted molar refractivity (Wildman–Crippen MR) is 123 cm³/mol. The average molecular weight is 425 g/mol. The molecule has 0 spiro atoms. The van der Waals surface area contributed by atoms with E-state index in [1.165, 1.54) is 0 Å². The second kappa shape index (κ2) is 11.7. The van der Waals surface area contributed by atoms with Crippen LogP contribution in [0.1, 0.15) is 56.9 Å². The molecular formula is C27H33NO3. The summed E-state index contributed by atoms with van der Waals surface area (Å²) in [5, 5.41) is 11.5. The highest BCUT2D eigenvalue weighted by molar-refractivity contribution is 5.81. The second-order valence-electron chi connectivity index (χ2n) is 7.85. The Kier molecular flexibility index (Phi) is 6.41. The molecule has 2 aromatic carbocycles. The van der Waals surface area contributed by atoms with Crippen LogP contribution in [-0.2, 0) is 21.7 Å². The lowest BCUT2D eigenvalue weighted by molar-refractivity contribution is -0.174. The van der Waals surface area contributed by atoms with Gasteiger partial charge in [0.1, 0.15) is 0 Å². The lowest BCUT2D eigenvalue weighted by Crippen LogP contribution is -2.45. The smallest absolute Gasteiger partial charge is 0.344 e. The van der Waals surface area contributed by atoms with Crippen LogP contribution in [0, 0.1) is 17.8 Å². The zero-order valence-electron chi connectivity index (χ0n) is 22.7. The summed E-state index contributed by atoms with van der Waals surface area (Å²) >= 11 is 0. The summed E-state index contributed by atoms with van der Waals surface area (Å²) in [4.78, 5) is 14.3. The number of hydrogen-bond acceptors (Lipinski definition) is 4. The summed E-state index contributed by atoms with van der Waals surface area (Å²) in [5.41, 5.74) is -0.518. The average Bonchev–Trinajstić information content (AvgIpc) is 2.88. The van der Waals surface area contributed by atoms with E-state index >= 15 is 0 Å². The molecule has 1 atom stereocenters. The van der Waals surface area contributed by atoms with Gasteiger partial charge in [0, 0.05) is 19.3 Å². The third-order valence-corrected chi connectivity index (χ3v) is 5.77. The lowest BCUT2D eigenvalue weighted by Gasteiger charge is -2.36. The van der Waals surface area contributed by atoms with Gasteiger partial charge in [0.15, 0.2) is 12.2 Å². The number of carbonyl (C=O) groups excluding carboxylic acids is 1. The maximum absolute atomic E-state index is 13.1. The van der Waals surface area contributed by atoms with E-state index in [1.54, 1.807) is 48.5 Å². The van der Waals surface area contributed by atoms with Crippen LogP contribution < -0.4 is 0 Å². The molecule has 4 nitrogen and oxygen atoms in total. The Morgan fingerprint density at radius 3 is 2.48 bits per heavy atom. The normalized spacial score (nSPS) is 19.5. The van der Waals surface area contributed by atoms with E-state index in [-0.39, 0.29) is 25.6 Å². The number of carbonyl (C=O) groups is 1. The van der Waals surface area contributed by atoms with Crippen molar-refractivity contribution in [2.24, 2.45) is 5.92 Å². The molecule has 3 rings (SSSR count). The standard InChI is InChI=1S/C27H33NO3/c1-2-28(22-23-14-6-3-7-15-23)20-12-13-21-31-26(29)27(30,24-16-8-4-9-17-24)25-18-10-5-11-19-25/h3-4,6-9,14-17,25,30H,2,5,10-11,18-22H2,1H3/i1D3,2D2. The van der Waals surface area contributed by atoms with Gasteiger partial charge in [0.05, 0.1) is 6.54 Å². The molecule has 31 heavy (non-hydrogen) atoms. The molecule has 0 saturated heterocycles. The quantitative estimate of drug-likeness (QED) is 0.500. The highest BCUT2D eigenvalue weighted by atomic mass is 16.5.